The third-order valence-corrected chi connectivity index (χ3v) is 2.71. The SMILES string of the molecule is CC(=O)C(CN1C(=O)c2ccccc2C1=O)=[N+]=[N-]. The number of carbonyl (C=O) groups excluding carboxylic acids is 3. The summed E-state index contributed by atoms with van der Waals surface area (Å²) in [6.07, 6.45) is 0. The monoisotopic (exact) mass is 243 g/mol. The minimum atomic E-state index is -0.492. The Kier molecular flexibility index (Phi) is 2.87. The van der Waals surface area contributed by atoms with Gasteiger partial charge in [-0.1, -0.05) is 12.1 Å². The highest BCUT2D eigenvalue weighted by molar-refractivity contribution is 6.38. The van der Waals surface area contributed by atoms with Crippen molar-refractivity contribution in [3.05, 3.63) is 40.9 Å². The largest absolute Gasteiger partial charge is 0.361 e. The van der Waals surface area contributed by atoms with Crippen molar-refractivity contribution in [2.75, 3.05) is 6.54 Å². The highest BCUT2D eigenvalue weighted by Crippen LogP contribution is 2.21. The molecule has 0 atom stereocenters. The molecule has 2 amide bonds. The molecule has 0 saturated heterocycles. The molecular formula is C12H9N3O3. The van der Waals surface area contributed by atoms with Gasteiger partial charge in [-0.15, -0.1) is 0 Å². The molecule has 1 aromatic carbocycles. The van der Waals surface area contributed by atoms with Crippen LogP contribution in [0.5, 0.6) is 0 Å². The normalized spacial score (nSPS) is 13.3. The van der Waals surface area contributed by atoms with Crippen molar-refractivity contribution in [2.24, 2.45) is 0 Å². The Labute approximate surface area is 102 Å². The first-order chi connectivity index (χ1) is 8.56. The fraction of sp³-hybridized carbons (Fsp3) is 0.167. The fourth-order valence-electron chi connectivity index (χ4n) is 1.75. The topological polar surface area (TPSA) is 90.9 Å². The molecule has 0 aromatic heterocycles. The molecule has 0 unspecified atom stereocenters. The van der Waals surface area contributed by atoms with Crippen LogP contribution in [0, 0.1) is 0 Å². The second-order valence-corrected chi connectivity index (χ2v) is 3.84. The van der Waals surface area contributed by atoms with E-state index in [1.807, 2.05) is 0 Å². The molecule has 18 heavy (non-hydrogen) atoms. The van der Waals surface area contributed by atoms with Crippen LogP contribution in [0.2, 0.25) is 0 Å². The van der Waals surface area contributed by atoms with Crippen LogP contribution in [0.4, 0.5) is 0 Å². The minimum absolute atomic E-state index is 0.232. The number of benzene rings is 1. The molecule has 1 heterocycles. The maximum atomic E-state index is 11.9. The molecule has 0 radical (unpaired) electrons. The van der Waals surface area contributed by atoms with Crippen LogP contribution in [0.15, 0.2) is 24.3 Å². The van der Waals surface area contributed by atoms with E-state index >= 15 is 0 Å². The van der Waals surface area contributed by atoms with Gasteiger partial charge in [0.1, 0.15) is 6.54 Å². The van der Waals surface area contributed by atoms with Gasteiger partial charge < -0.3 is 5.53 Å². The zero-order valence-corrected chi connectivity index (χ0v) is 9.58. The number of ketones is 1. The van der Waals surface area contributed by atoms with Gasteiger partial charge in [0.25, 0.3) is 11.8 Å². The average Bonchev–Trinajstić information content (AvgIpc) is 2.60. The van der Waals surface area contributed by atoms with Crippen LogP contribution in [-0.4, -0.2) is 39.5 Å². The highest BCUT2D eigenvalue weighted by Gasteiger charge is 2.38. The van der Waals surface area contributed by atoms with E-state index in [4.69, 9.17) is 5.53 Å². The zero-order valence-electron chi connectivity index (χ0n) is 9.58. The third-order valence-electron chi connectivity index (χ3n) is 2.71. The van der Waals surface area contributed by atoms with Gasteiger partial charge in [-0.2, -0.15) is 4.79 Å². The lowest BCUT2D eigenvalue weighted by atomic mass is 10.1. The molecule has 0 N–H and O–H groups in total. The number of carbonyl (C=O) groups is 3. The molecule has 0 bridgehead atoms. The van der Waals surface area contributed by atoms with E-state index in [9.17, 15) is 14.4 Å². The van der Waals surface area contributed by atoms with E-state index in [0.717, 1.165) is 4.90 Å². The summed E-state index contributed by atoms with van der Waals surface area (Å²) in [5.41, 5.74) is 9.02. The van der Waals surface area contributed by atoms with E-state index in [2.05, 4.69) is 4.79 Å². The Morgan fingerprint density at radius 2 is 1.72 bits per heavy atom. The summed E-state index contributed by atoms with van der Waals surface area (Å²) in [6.45, 7) is 0.880. The van der Waals surface area contributed by atoms with Gasteiger partial charge in [0.2, 0.25) is 5.78 Å². The summed E-state index contributed by atoms with van der Waals surface area (Å²) in [5, 5.41) is 0. The number of Topliss-reactive ketones (excluding diaryl/α,β-unsaturated/α-hetero) is 1. The van der Waals surface area contributed by atoms with Crippen molar-refractivity contribution in [3.8, 4) is 0 Å². The van der Waals surface area contributed by atoms with Crippen LogP contribution in [0.1, 0.15) is 27.6 Å². The molecular weight excluding hydrogens is 234 g/mol. The maximum absolute atomic E-state index is 11.9. The van der Waals surface area contributed by atoms with Crippen LogP contribution in [0.3, 0.4) is 0 Å². The number of nitrogens with zero attached hydrogens (tertiary/aromatic N) is 3. The van der Waals surface area contributed by atoms with Crippen molar-refractivity contribution >= 4 is 23.3 Å². The first-order valence-electron chi connectivity index (χ1n) is 5.23. The molecule has 0 spiro atoms. The molecule has 0 saturated carbocycles. The quantitative estimate of drug-likeness (QED) is 0.336. The standard InChI is InChI=1S/C12H9N3O3/c1-7(16)10(14-13)6-15-11(17)8-4-2-3-5-9(8)12(15)18/h2-5H,6H2,1H3. The number of imide groups is 1. The van der Waals surface area contributed by atoms with Gasteiger partial charge in [0, 0.05) is 6.92 Å². The molecule has 1 aromatic rings. The Morgan fingerprint density at radius 3 is 2.11 bits per heavy atom. The maximum Gasteiger partial charge on any atom is 0.353 e. The van der Waals surface area contributed by atoms with Gasteiger partial charge in [-0.25, -0.2) is 0 Å². The second kappa shape index (κ2) is 4.35. The number of fused-ring (bicyclic) bond motifs is 1. The van der Waals surface area contributed by atoms with Crippen molar-refractivity contribution < 1.29 is 19.2 Å². The lowest BCUT2D eigenvalue weighted by Crippen LogP contribution is -2.37. The number of hydrogen-bond acceptors (Lipinski definition) is 3. The van der Waals surface area contributed by atoms with Crippen molar-refractivity contribution in [3.63, 3.8) is 0 Å². The Bertz CT molecular complexity index is 580. The van der Waals surface area contributed by atoms with Gasteiger partial charge in [0.15, 0.2) is 0 Å². The molecule has 6 heteroatoms. The summed E-state index contributed by atoms with van der Waals surface area (Å²) < 4.78 is 0. The lowest BCUT2D eigenvalue weighted by molar-refractivity contribution is -0.115. The smallest absolute Gasteiger partial charge is 0.353 e. The molecule has 90 valence electrons. The van der Waals surface area contributed by atoms with E-state index < -0.39 is 17.6 Å². The highest BCUT2D eigenvalue weighted by atomic mass is 16.2. The zero-order chi connectivity index (χ0) is 13.3. The minimum Gasteiger partial charge on any atom is -0.361 e. The van der Waals surface area contributed by atoms with Crippen molar-refractivity contribution in [1.82, 2.24) is 4.90 Å². The van der Waals surface area contributed by atoms with E-state index in [1.54, 1.807) is 24.3 Å². The predicted octanol–water partition coefficient (Wildman–Crippen LogP) is 0.542. The van der Waals surface area contributed by atoms with Crippen molar-refractivity contribution in [1.29, 1.82) is 0 Å². The lowest BCUT2D eigenvalue weighted by Gasteiger charge is -2.09. The van der Waals surface area contributed by atoms with Gasteiger partial charge in [-0.3, -0.25) is 19.3 Å². The molecule has 2 rings (SSSR count). The molecule has 0 aliphatic carbocycles. The average molecular weight is 243 g/mol. The molecule has 1 aliphatic rings. The predicted molar refractivity (Wildman–Crippen MR) is 61.1 cm³/mol. The Balaban J connectivity index is 2.35. The number of hydrogen-bond donors (Lipinski definition) is 0. The molecule has 6 nitrogen and oxygen atoms in total. The van der Waals surface area contributed by atoms with E-state index in [-0.39, 0.29) is 12.3 Å². The van der Waals surface area contributed by atoms with Crippen LogP contribution >= 0.6 is 0 Å². The second-order valence-electron chi connectivity index (χ2n) is 3.84. The Hall–Kier alpha value is -2.59. The van der Waals surface area contributed by atoms with Crippen LogP contribution in [-0.2, 0) is 4.79 Å². The molecule has 1 aliphatic heterocycles. The summed E-state index contributed by atoms with van der Waals surface area (Å²) in [7, 11) is 0. The summed E-state index contributed by atoms with van der Waals surface area (Å²) in [6, 6.07) is 6.39. The van der Waals surface area contributed by atoms with Crippen molar-refractivity contribution in [2.45, 2.75) is 6.92 Å². The summed E-state index contributed by atoms with van der Waals surface area (Å²) in [5.74, 6) is -1.47. The van der Waals surface area contributed by atoms with E-state index in [1.165, 1.54) is 6.92 Å². The third kappa shape index (κ3) is 1.74. The number of rotatable bonds is 3. The first kappa shape index (κ1) is 11.9. The first-order valence-corrected chi connectivity index (χ1v) is 5.23. The van der Waals surface area contributed by atoms with Crippen LogP contribution in [0.25, 0.3) is 5.53 Å². The fourth-order valence-corrected chi connectivity index (χ4v) is 1.75. The summed E-state index contributed by atoms with van der Waals surface area (Å²) in [4.78, 5) is 38.7. The molecule has 0 fully saturated rings. The summed E-state index contributed by atoms with van der Waals surface area (Å²) >= 11 is 0. The van der Waals surface area contributed by atoms with Gasteiger partial charge >= 0.3 is 5.71 Å². The Morgan fingerprint density at radius 1 is 1.22 bits per heavy atom. The van der Waals surface area contributed by atoms with Gasteiger partial charge in [0.05, 0.1) is 11.1 Å². The van der Waals surface area contributed by atoms with Crippen LogP contribution < -0.4 is 0 Å². The number of amides is 2. The van der Waals surface area contributed by atoms with E-state index in [0.29, 0.717) is 11.1 Å². The van der Waals surface area contributed by atoms with Gasteiger partial charge in [-0.05, 0) is 12.1 Å².